The maximum Gasteiger partial charge on any atom is 0.244 e. The third-order valence-corrected chi connectivity index (χ3v) is 6.39. The fraction of sp³-hybridized carbons (Fsp3) is 0.588. The number of rotatable bonds is 2. The van der Waals surface area contributed by atoms with E-state index in [2.05, 4.69) is 14.9 Å². The first-order valence-electron chi connectivity index (χ1n) is 8.28. The van der Waals surface area contributed by atoms with Crippen LogP contribution >= 0.6 is 0 Å². The van der Waals surface area contributed by atoms with E-state index >= 15 is 0 Å². The number of sulfonamides is 1. The number of benzene rings is 1. The van der Waals surface area contributed by atoms with Crippen molar-refractivity contribution in [1.82, 2.24) is 9.62 Å². The van der Waals surface area contributed by atoms with Crippen molar-refractivity contribution in [2.75, 3.05) is 25.0 Å². The van der Waals surface area contributed by atoms with E-state index in [0.717, 1.165) is 0 Å². The zero-order valence-electron chi connectivity index (χ0n) is 14.4. The number of nitrogens with one attached hydrogen (secondary N) is 2. The maximum atomic E-state index is 12.5. The van der Waals surface area contributed by atoms with Crippen LogP contribution in [-0.4, -0.2) is 44.4 Å². The van der Waals surface area contributed by atoms with E-state index in [9.17, 15) is 13.2 Å². The Labute approximate surface area is 143 Å². The molecular formula is C17H25N3O3S. The van der Waals surface area contributed by atoms with Gasteiger partial charge in [-0.05, 0) is 25.0 Å². The minimum Gasteiger partial charge on any atom is -0.365 e. The van der Waals surface area contributed by atoms with Crippen LogP contribution in [0.2, 0.25) is 0 Å². The van der Waals surface area contributed by atoms with Crippen LogP contribution < -0.4 is 10.0 Å². The highest BCUT2D eigenvalue weighted by atomic mass is 32.2. The molecule has 1 fully saturated rings. The molecule has 2 N–H and O–H groups in total. The van der Waals surface area contributed by atoms with Gasteiger partial charge < -0.3 is 5.32 Å². The van der Waals surface area contributed by atoms with Gasteiger partial charge in [0.25, 0.3) is 0 Å². The van der Waals surface area contributed by atoms with Gasteiger partial charge in [-0.15, -0.1) is 0 Å². The monoisotopic (exact) mass is 351 g/mol. The molecule has 1 saturated heterocycles. The number of Topliss-reactive ketones (excluding diaryl/α,β-unsaturated/α-hetero) is 1. The number of likely N-dealkylation sites (tertiary alicyclic amines) is 1. The first-order valence-corrected chi connectivity index (χ1v) is 9.77. The quantitative estimate of drug-likeness (QED) is 0.849. The zero-order chi connectivity index (χ0) is 17.6. The summed E-state index contributed by atoms with van der Waals surface area (Å²) in [6, 6.07) is 6.95. The molecule has 3 rings (SSSR count). The fourth-order valence-corrected chi connectivity index (χ4v) is 4.71. The smallest absolute Gasteiger partial charge is 0.244 e. The molecule has 24 heavy (non-hydrogen) atoms. The van der Waals surface area contributed by atoms with Gasteiger partial charge in [0.2, 0.25) is 10.0 Å². The molecule has 2 heterocycles. The Morgan fingerprint density at radius 2 is 1.83 bits per heavy atom. The number of ketones is 1. The molecule has 7 heteroatoms. The number of hydrogen-bond acceptors (Lipinski definition) is 5. The minimum atomic E-state index is -3.51. The van der Waals surface area contributed by atoms with Crippen LogP contribution in [0.3, 0.4) is 0 Å². The van der Waals surface area contributed by atoms with Gasteiger partial charge in [0, 0.05) is 18.5 Å². The normalized spacial score (nSPS) is 22.6. The summed E-state index contributed by atoms with van der Waals surface area (Å²) in [5, 5.41) is 3.37. The van der Waals surface area contributed by atoms with E-state index in [1.807, 2.05) is 26.8 Å². The van der Waals surface area contributed by atoms with Gasteiger partial charge in [0.05, 0.1) is 12.2 Å². The average Bonchev–Trinajstić information content (AvgIpc) is 2.48. The molecule has 1 aromatic rings. The predicted molar refractivity (Wildman–Crippen MR) is 93.3 cm³/mol. The van der Waals surface area contributed by atoms with Crippen molar-refractivity contribution in [2.45, 2.75) is 44.2 Å². The van der Waals surface area contributed by atoms with Crippen LogP contribution in [0.15, 0.2) is 29.2 Å². The van der Waals surface area contributed by atoms with E-state index in [0.29, 0.717) is 43.1 Å². The molecule has 0 amide bonds. The van der Waals surface area contributed by atoms with Gasteiger partial charge in [-0.25, -0.2) is 8.42 Å². The molecule has 0 atom stereocenters. The summed E-state index contributed by atoms with van der Waals surface area (Å²) >= 11 is 0. The first-order chi connectivity index (χ1) is 11.1. The molecule has 0 aromatic heterocycles. The number of nitrogens with zero attached hydrogens (tertiary/aromatic N) is 1. The predicted octanol–water partition coefficient (Wildman–Crippen LogP) is 1.80. The Morgan fingerprint density at radius 1 is 1.21 bits per heavy atom. The molecule has 0 bridgehead atoms. The second-order valence-electron chi connectivity index (χ2n) is 7.76. The van der Waals surface area contributed by atoms with Crippen molar-refractivity contribution < 1.29 is 13.2 Å². The Morgan fingerprint density at radius 3 is 2.46 bits per heavy atom. The number of para-hydroxylation sites is 1. The third-order valence-electron chi connectivity index (χ3n) is 4.79. The van der Waals surface area contributed by atoms with Gasteiger partial charge >= 0.3 is 0 Å². The number of fused-ring (bicyclic) bond motifs is 1. The van der Waals surface area contributed by atoms with Crippen LogP contribution in [0.1, 0.15) is 33.6 Å². The van der Waals surface area contributed by atoms with Crippen LogP contribution in [0.4, 0.5) is 5.69 Å². The summed E-state index contributed by atoms with van der Waals surface area (Å²) in [7, 11) is -3.51. The molecule has 2 aliphatic heterocycles. The Balaban J connectivity index is 1.72. The Kier molecular flexibility index (Phi) is 4.22. The van der Waals surface area contributed by atoms with Crippen LogP contribution in [0.25, 0.3) is 0 Å². The molecule has 1 aromatic carbocycles. The number of piperidine rings is 1. The van der Waals surface area contributed by atoms with Crippen LogP contribution in [-0.2, 0) is 14.8 Å². The highest BCUT2D eigenvalue weighted by molar-refractivity contribution is 7.89. The van der Waals surface area contributed by atoms with Crippen LogP contribution in [0.5, 0.6) is 0 Å². The molecule has 6 nitrogen and oxygen atoms in total. The van der Waals surface area contributed by atoms with Crippen molar-refractivity contribution >= 4 is 21.5 Å². The van der Waals surface area contributed by atoms with E-state index in [-0.39, 0.29) is 11.2 Å². The molecule has 0 radical (unpaired) electrons. The van der Waals surface area contributed by atoms with Crippen molar-refractivity contribution in [3.05, 3.63) is 24.3 Å². The summed E-state index contributed by atoms with van der Waals surface area (Å²) < 4.78 is 27.9. The molecule has 2 aliphatic rings. The lowest BCUT2D eigenvalue weighted by Gasteiger charge is -2.45. The summed E-state index contributed by atoms with van der Waals surface area (Å²) in [6.45, 7) is 7.56. The lowest BCUT2D eigenvalue weighted by molar-refractivity contribution is -0.127. The number of anilines is 1. The third kappa shape index (κ3) is 3.34. The molecule has 0 unspecified atom stereocenters. The highest BCUT2D eigenvalue weighted by Gasteiger charge is 2.43. The molecular weight excluding hydrogens is 326 g/mol. The summed E-state index contributed by atoms with van der Waals surface area (Å²) in [5.41, 5.74) is -0.358. The zero-order valence-corrected chi connectivity index (χ0v) is 15.2. The van der Waals surface area contributed by atoms with E-state index in [1.54, 1.807) is 18.2 Å². The van der Waals surface area contributed by atoms with E-state index in [4.69, 9.17) is 0 Å². The first kappa shape index (κ1) is 17.4. The molecule has 0 saturated carbocycles. The van der Waals surface area contributed by atoms with Gasteiger partial charge in [-0.2, -0.15) is 4.72 Å². The second-order valence-corrected chi connectivity index (χ2v) is 9.41. The van der Waals surface area contributed by atoms with Crippen molar-refractivity contribution in [3.63, 3.8) is 0 Å². The second kappa shape index (κ2) is 5.82. The SMILES string of the molecule is CC(C)(C)C(=O)CN1CCC2(CC1)Nc1ccccc1S(=O)(=O)N2. The number of carbonyl (C=O) groups excluding carboxylic acids is 1. The van der Waals surface area contributed by atoms with Gasteiger partial charge in [0.1, 0.15) is 10.6 Å². The fourth-order valence-electron chi connectivity index (χ4n) is 3.16. The van der Waals surface area contributed by atoms with Crippen molar-refractivity contribution in [2.24, 2.45) is 5.41 Å². The molecule has 132 valence electrons. The molecule has 1 spiro atoms. The molecule has 0 aliphatic carbocycles. The summed E-state index contributed by atoms with van der Waals surface area (Å²) in [4.78, 5) is 14.6. The highest BCUT2D eigenvalue weighted by Crippen LogP contribution is 2.34. The van der Waals surface area contributed by atoms with Gasteiger partial charge in [-0.1, -0.05) is 32.9 Å². The van der Waals surface area contributed by atoms with E-state index in [1.165, 1.54) is 0 Å². The van der Waals surface area contributed by atoms with Crippen molar-refractivity contribution in [3.8, 4) is 0 Å². The summed E-state index contributed by atoms with van der Waals surface area (Å²) in [6.07, 6.45) is 1.25. The Hall–Kier alpha value is -1.44. The topological polar surface area (TPSA) is 78.5 Å². The van der Waals surface area contributed by atoms with E-state index < -0.39 is 15.7 Å². The lowest BCUT2D eigenvalue weighted by atomic mass is 9.89. The maximum absolute atomic E-state index is 12.5. The van der Waals surface area contributed by atoms with Gasteiger partial charge in [0.15, 0.2) is 5.78 Å². The van der Waals surface area contributed by atoms with Crippen LogP contribution in [0, 0.1) is 5.41 Å². The van der Waals surface area contributed by atoms with Gasteiger partial charge in [-0.3, -0.25) is 9.69 Å². The largest absolute Gasteiger partial charge is 0.365 e. The minimum absolute atomic E-state index is 0.209. The summed E-state index contributed by atoms with van der Waals surface area (Å²) in [5.74, 6) is 0.209. The average molecular weight is 351 g/mol. The lowest BCUT2D eigenvalue weighted by Crippen LogP contribution is -2.62. The number of hydrogen-bond donors (Lipinski definition) is 2. The number of carbonyl (C=O) groups is 1. The van der Waals surface area contributed by atoms with Crippen molar-refractivity contribution in [1.29, 1.82) is 0 Å². The Bertz CT molecular complexity index is 745. The standard InChI is InChI=1S/C17H25N3O3S/c1-16(2,3)15(21)12-20-10-8-17(9-11-20)18-13-6-4-5-7-14(13)24(22,23)19-17/h4-7,18-19H,8-12H2,1-3H3.